The number of benzene rings is 1. The fourth-order valence-electron chi connectivity index (χ4n) is 2.48. The monoisotopic (exact) mass is 248 g/mol. The largest absolute Gasteiger partial charge is 0.377 e. The number of hydrogen-bond donors (Lipinski definition) is 1. The van der Waals surface area contributed by atoms with Gasteiger partial charge in [0.25, 0.3) is 0 Å². The van der Waals surface area contributed by atoms with E-state index in [9.17, 15) is 0 Å². The van der Waals surface area contributed by atoms with Gasteiger partial charge >= 0.3 is 0 Å². The minimum Gasteiger partial charge on any atom is -0.377 e. The van der Waals surface area contributed by atoms with Gasteiger partial charge in [0.2, 0.25) is 0 Å². The molecule has 0 saturated carbocycles. The Bertz CT molecular complexity index is 381. The quantitative estimate of drug-likeness (QED) is 0.887. The molecule has 2 unspecified atom stereocenters. The maximum atomic E-state index is 6.09. The molecule has 2 atom stereocenters. The lowest BCUT2D eigenvalue weighted by Gasteiger charge is -2.36. The minimum atomic E-state index is 0.252. The topological polar surface area (TPSA) is 38.5 Å². The van der Waals surface area contributed by atoms with Gasteiger partial charge in [-0.1, -0.05) is 25.1 Å². The Hall–Kier alpha value is -1.06. The summed E-state index contributed by atoms with van der Waals surface area (Å²) in [6.07, 6.45) is 1.98. The van der Waals surface area contributed by atoms with Gasteiger partial charge in [-0.2, -0.15) is 0 Å². The van der Waals surface area contributed by atoms with E-state index in [1.807, 2.05) is 0 Å². The molecule has 3 nitrogen and oxygen atoms in total. The predicted molar refractivity (Wildman–Crippen MR) is 76.0 cm³/mol. The molecule has 18 heavy (non-hydrogen) atoms. The first-order chi connectivity index (χ1) is 8.72. The molecule has 2 rings (SSSR count). The first-order valence-corrected chi connectivity index (χ1v) is 6.90. The van der Waals surface area contributed by atoms with Crippen LogP contribution in [0.5, 0.6) is 0 Å². The van der Waals surface area contributed by atoms with E-state index in [0.29, 0.717) is 6.04 Å². The summed E-state index contributed by atoms with van der Waals surface area (Å²) in [6.45, 7) is 6.96. The molecule has 2 N–H and O–H groups in total. The standard InChI is InChI=1S/C15H24N2O/c1-3-14(16)10-13-6-4-5-7-15(13)17-8-9-18-11-12(17)2/h4-7,12,14H,3,8-11,16H2,1-2H3. The van der Waals surface area contributed by atoms with Crippen LogP contribution in [0.3, 0.4) is 0 Å². The summed E-state index contributed by atoms with van der Waals surface area (Å²) in [6, 6.07) is 9.32. The van der Waals surface area contributed by atoms with Crippen molar-refractivity contribution in [1.29, 1.82) is 0 Å². The summed E-state index contributed by atoms with van der Waals surface area (Å²) < 4.78 is 5.51. The molecule has 100 valence electrons. The van der Waals surface area contributed by atoms with Gasteiger partial charge in [-0.25, -0.2) is 0 Å². The summed E-state index contributed by atoms with van der Waals surface area (Å²) in [5.74, 6) is 0. The second-order valence-corrected chi connectivity index (χ2v) is 5.12. The highest BCUT2D eigenvalue weighted by Gasteiger charge is 2.21. The lowest BCUT2D eigenvalue weighted by Crippen LogP contribution is -2.44. The lowest BCUT2D eigenvalue weighted by atomic mass is 10.0. The van der Waals surface area contributed by atoms with Gasteiger partial charge in [0.1, 0.15) is 0 Å². The Morgan fingerprint density at radius 1 is 1.44 bits per heavy atom. The molecule has 1 aliphatic heterocycles. The van der Waals surface area contributed by atoms with E-state index in [1.165, 1.54) is 11.3 Å². The highest BCUT2D eigenvalue weighted by Crippen LogP contribution is 2.25. The van der Waals surface area contributed by atoms with Gasteiger partial charge in [-0.3, -0.25) is 0 Å². The van der Waals surface area contributed by atoms with E-state index in [4.69, 9.17) is 10.5 Å². The SMILES string of the molecule is CCC(N)Cc1ccccc1N1CCOCC1C. The first-order valence-electron chi connectivity index (χ1n) is 6.90. The molecule has 1 saturated heterocycles. The average molecular weight is 248 g/mol. The van der Waals surface area contributed by atoms with E-state index < -0.39 is 0 Å². The zero-order valence-corrected chi connectivity index (χ0v) is 11.4. The number of anilines is 1. The number of nitrogens with zero attached hydrogens (tertiary/aromatic N) is 1. The van der Waals surface area contributed by atoms with Gasteiger partial charge in [-0.05, 0) is 31.4 Å². The minimum absolute atomic E-state index is 0.252. The first kappa shape index (κ1) is 13.4. The van der Waals surface area contributed by atoms with Crippen molar-refractivity contribution in [2.75, 3.05) is 24.7 Å². The molecule has 0 bridgehead atoms. The highest BCUT2D eigenvalue weighted by atomic mass is 16.5. The Morgan fingerprint density at radius 2 is 2.22 bits per heavy atom. The van der Waals surface area contributed by atoms with Gasteiger partial charge in [0, 0.05) is 24.3 Å². The molecule has 0 amide bonds. The van der Waals surface area contributed by atoms with Gasteiger partial charge in [0.05, 0.1) is 13.2 Å². The van der Waals surface area contributed by atoms with Crippen molar-refractivity contribution in [3.05, 3.63) is 29.8 Å². The molecule has 1 heterocycles. The van der Waals surface area contributed by atoms with E-state index >= 15 is 0 Å². The van der Waals surface area contributed by atoms with Crippen LogP contribution in [0.1, 0.15) is 25.8 Å². The van der Waals surface area contributed by atoms with Crippen molar-refractivity contribution in [1.82, 2.24) is 0 Å². The van der Waals surface area contributed by atoms with Crippen molar-refractivity contribution < 1.29 is 4.74 Å². The zero-order chi connectivity index (χ0) is 13.0. The molecule has 0 aromatic heterocycles. The molecule has 1 fully saturated rings. The third kappa shape index (κ3) is 3.03. The second kappa shape index (κ2) is 6.21. The van der Waals surface area contributed by atoms with E-state index in [0.717, 1.165) is 32.6 Å². The Labute approximate surface area is 110 Å². The molecule has 3 heteroatoms. The summed E-state index contributed by atoms with van der Waals surface area (Å²) in [7, 11) is 0. The normalized spacial score (nSPS) is 21.9. The maximum Gasteiger partial charge on any atom is 0.0668 e. The van der Waals surface area contributed by atoms with E-state index in [-0.39, 0.29) is 6.04 Å². The van der Waals surface area contributed by atoms with Crippen molar-refractivity contribution in [2.45, 2.75) is 38.8 Å². The molecule has 0 aliphatic carbocycles. The molecule has 1 aromatic rings. The van der Waals surface area contributed by atoms with Crippen LogP contribution in [-0.4, -0.2) is 31.8 Å². The zero-order valence-electron chi connectivity index (χ0n) is 11.4. The number of ether oxygens (including phenoxy) is 1. The molecule has 0 spiro atoms. The van der Waals surface area contributed by atoms with Crippen LogP contribution in [0.25, 0.3) is 0 Å². The van der Waals surface area contributed by atoms with Gasteiger partial charge in [0.15, 0.2) is 0 Å². The number of nitrogens with two attached hydrogens (primary N) is 1. The summed E-state index contributed by atoms with van der Waals surface area (Å²) in [4.78, 5) is 2.45. The van der Waals surface area contributed by atoms with Crippen molar-refractivity contribution in [2.24, 2.45) is 5.73 Å². The van der Waals surface area contributed by atoms with Crippen LogP contribution >= 0.6 is 0 Å². The third-order valence-electron chi connectivity index (χ3n) is 3.68. The van der Waals surface area contributed by atoms with Crippen LogP contribution < -0.4 is 10.6 Å². The average Bonchev–Trinajstić information content (AvgIpc) is 2.40. The lowest BCUT2D eigenvalue weighted by molar-refractivity contribution is 0.0988. The highest BCUT2D eigenvalue weighted by molar-refractivity contribution is 5.55. The molecular formula is C15H24N2O. The fraction of sp³-hybridized carbons (Fsp3) is 0.600. The third-order valence-corrected chi connectivity index (χ3v) is 3.68. The number of morpholine rings is 1. The van der Waals surface area contributed by atoms with Crippen LogP contribution in [0.4, 0.5) is 5.69 Å². The molecular weight excluding hydrogens is 224 g/mol. The van der Waals surface area contributed by atoms with Gasteiger partial charge in [-0.15, -0.1) is 0 Å². The van der Waals surface area contributed by atoms with Crippen molar-refractivity contribution >= 4 is 5.69 Å². The number of para-hydroxylation sites is 1. The summed E-state index contributed by atoms with van der Waals surface area (Å²) >= 11 is 0. The van der Waals surface area contributed by atoms with E-state index in [2.05, 4.69) is 43.0 Å². The maximum absolute atomic E-state index is 6.09. The summed E-state index contributed by atoms with van der Waals surface area (Å²) in [5.41, 5.74) is 8.79. The Morgan fingerprint density at radius 3 is 2.94 bits per heavy atom. The van der Waals surface area contributed by atoms with Crippen LogP contribution in [-0.2, 0) is 11.2 Å². The fourth-order valence-corrected chi connectivity index (χ4v) is 2.48. The Kier molecular flexibility index (Phi) is 4.61. The molecule has 1 aromatic carbocycles. The van der Waals surface area contributed by atoms with Crippen molar-refractivity contribution in [3.8, 4) is 0 Å². The van der Waals surface area contributed by atoms with E-state index in [1.54, 1.807) is 0 Å². The summed E-state index contributed by atoms with van der Waals surface area (Å²) in [5, 5.41) is 0. The van der Waals surface area contributed by atoms with Crippen LogP contribution in [0.2, 0.25) is 0 Å². The van der Waals surface area contributed by atoms with Gasteiger partial charge < -0.3 is 15.4 Å². The molecule has 0 radical (unpaired) electrons. The molecule has 1 aliphatic rings. The Balaban J connectivity index is 2.20. The predicted octanol–water partition coefficient (Wildman–Crippen LogP) is 2.19. The smallest absolute Gasteiger partial charge is 0.0668 e. The van der Waals surface area contributed by atoms with Crippen molar-refractivity contribution in [3.63, 3.8) is 0 Å². The second-order valence-electron chi connectivity index (χ2n) is 5.12. The van der Waals surface area contributed by atoms with Crippen LogP contribution in [0.15, 0.2) is 24.3 Å². The van der Waals surface area contributed by atoms with Crippen LogP contribution in [0, 0.1) is 0 Å². The number of hydrogen-bond acceptors (Lipinski definition) is 3. The number of rotatable bonds is 4.